The summed E-state index contributed by atoms with van der Waals surface area (Å²) in [4.78, 5) is 17.0. The van der Waals surface area contributed by atoms with Crippen LogP contribution in [-0.4, -0.2) is 28.3 Å². The summed E-state index contributed by atoms with van der Waals surface area (Å²) < 4.78 is 0. The van der Waals surface area contributed by atoms with E-state index in [-0.39, 0.29) is 5.56 Å². The van der Waals surface area contributed by atoms with Crippen LogP contribution in [0.5, 0.6) is 0 Å². The van der Waals surface area contributed by atoms with E-state index in [0.717, 1.165) is 13.1 Å². The molecule has 1 aliphatic rings. The Morgan fingerprint density at radius 3 is 2.57 bits per heavy atom. The predicted molar refractivity (Wildman–Crippen MR) is 53.3 cm³/mol. The van der Waals surface area contributed by atoms with Gasteiger partial charge in [-0.25, -0.2) is 5.10 Å². The van der Waals surface area contributed by atoms with E-state index in [0.29, 0.717) is 5.95 Å². The lowest BCUT2D eigenvalue weighted by Gasteiger charge is -2.19. The molecule has 0 amide bonds. The van der Waals surface area contributed by atoms with Crippen molar-refractivity contribution in [1.29, 1.82) is 0 Å². The fraction of sp³-hybridized carbons (Fsp3) is 0.667. The third-order valence-electron chi connectivity index (χ3n) is 2.46. The summed E-state index contributed by atoms with van der Waals surface area (Å²) >= 11 is 0. The molecule has 0 spiro atoms. The summed E-state index contributed by atoms with van der Waals surface area (Å²) in [6, 6.07) is 0. The van der Waals surface area contributed by atoms with Gasteiger partial charge in [-0.15, -0.1) is 0 Å². The molecule has 1 fully saturated rings. The van der Waals surface area contributed by atoms with Crippen molar-refractivity contribution < 1.29 is 0 Å². The lowest BCUT2D eigenvalue weighted by molar-refractivity contribution is 0.726. The van der Waals surface area contributed by atoms with Crippen LogP contribution in [0.15, 0.2) is 11.0 Å². The van der Waals surface area contributed by atoms with E-state index in [1.54, 1.807) is 0 Å². The third kappa shape index (κ3) is 2.10. The topological polar surface area (TPSA) is 61.9 Å². The molecular formula is C9H14N4O. The number of H-pyrrole nitrogens is 1. The van der Waals surface area contributed by atoms with Gasteiger partial charge in [0.25, 0.3) is 5.56 Å². The largest absolute Gasteiger partial charge is 0.341 e. The fourth-order valence-corrected chi connectivity index (χ4v) is 1.73. The van der Waals surface area contributed by atoms with Gasteiger partial charge in [0.05, 0.1) is 0 Å². The molecule has 0 atom stereocenters. The lowest BCUT2D eigenvalue weighted by atomic mass is 10.2. The molecule has 0 aromatic carbocycles. The van der Waals surface area contributed by atoms with E-state index < -0.39 is 0 Å². The summed E-state index contributed by atoms with van der Waals surface area (Å²) in [5, 5.41) is 6.52. The zero-order valence-corrected chi connectivity index (χ0v) is 8.07. The summed E-state index contributed by atoms with van der Waals surface area (Å²) in [6.45, 7) is 1.93. The predicted octanol–water partition coefficient (Wildman–Crippen LogP) is 0.545. The molecule has 1 aliphatic heterocycles. The minimum atomic E-state index is -0.275. The first kappa shape index (κ1) is 9.18. The van der Waals surface area contributed by atoms with Crippen LogP contribution in [0.25, 0.3) is 0 Å². The van der Waals surface area contributed by atoms with Crippen molar-refractivity contribution in [2.45, 2.75) is 25.7 Å². The number of aromatic nitrogens is 3. The Morgan fingerprint density at radius 1 is 1.21 bits per heavy atom. The van der Waals surface area contributed by atoms with Crippen molar-refractivity contribution in [3.63, 3.8) is 0 Å². The first-order chi connectivity index (χ1) is 6.86. The summed E-state index contributed by atoms with van der Waals surface area (Å²) in [5.41, 5.74) is -0.275. The van der Waals surface area contributed by atoms with E-state index in [4.69, 9.17) is 0 Å². The second-order valence-corrected chi connectivity index (χ2v) is 3.54. The summed E-state index contributed by atoms with van der Waals surface area (Å²) in [6.07, 6.45) is 6.06. The lowest BCUT2D eigenvalue weighted by Crippen LogP contribution is -2.28. The highest BCUT2D eigenvalue weighted by molar-refractivity contribution is 5.26. The Bertz CT molecular complexity index is 341. The minimum Gasteiger partial charge on any atom is -0.341 e. The zero-order valence-electron chi connectivity index (χ0n) is 8.07. The Kier molecular flexibility index (Phi) is 2.76. The van der Waals surface area contributed by atoms with Crippen molar-refractivity contribution in [3.05, 3.63) is 16.6 Å². The van der Waals surface area contributed by atoms with Crippen molar-refractivity contribution >= 4 is 5.95 Å². The quantitative estimate of drug-likeness (QED) is 0.709. The average molecular weight is 194 g/mol. The Hall–Kier alpha value is -1.39. The molecule has 0 saturated carbocycles. The molecule has 1 N–H and O–H groups in total. The van der Waals surface area contributed by atoms with Crippen molar-refractivity contribution in [2.24, 2.45) is 0 Å². The highest BCUT2D eigenvalue weighted by atomic mass is 16.1. The number of rotatable bonds is 1. The Labute approximate surface area is 82.2 Å². The van der Waals surface area contributed by atoms with Crippen molar-refractivity contribution in [2.75, 3.05) is 18.0 Å². The Morgan fingerprint density at radius 2 is 1.93 bits per heavy atom. The Balaban J connectivity index is 2.16. The van der Waals surface area contributed by atoms with Gasteiger partial charge in [-0.05, 0) is 12.8 Å². The first-order valence-electron chi connectivity index (χ1n) is 5.03. The van der Waals surface area contributed by atoms with Crippen LogP contribution in [0.4, 0.5) is 5.95 Å². The van der Waals surface area contributed by atoms with E-state index in [1.807, 2.05) is 0 Å². The van der Waals surface area contributed by atoms with E-state index in [1.165, 1.54) is 31.9 Å². The maximum Gasteiger partial charge on any atom is 0.293 e. The molecule has 1 aromatic rings. The molecule has 0 bridgehead atoms. The van der Waals surface area contributed by atoms with Crippen LogP contribution in [0.3, 0.4) is 0 Å². The molecule has 76 valence electrons. The van der Waals surface area contributed by atoms with Crippen LogP contribution in [-0.2, 0) is 0 Å². The van der Waals surface area contributed by atoms with Crippen LogP contribution in [0.2, 0.25) is 0 Å². The van der Waals surface area contributed by atoms with E-state index >= 15 is 0 Å². The molecule has 14 heavy (non-hydrogen) atoms. The molecule has 2 heterocycles. The molecule has 0 radical (unpaired) electrons. The van der Waals surface area contributed by atoms with E-state index in [2.05, 4.69) is 20.1 Å². The van der Waals surface area contributed by atoms with Crippen molar-refractivity contribution in [1.82, 2.24) is 15.2 Å². The van der Waals surface area contributed by atoms with Gasteiger partial charge >= 0.3 is 0 Å². The minimum absolute atomic E-state index is 0.275. The molecular weight excluding hydrogens is 180 g/mol. The first-order valence-corrected chi connectivity index (χ1v) is 5.03. The molecule has 0 unspecified atom stereocenters. The monoisotopic (exact) mass is 194 g/mol. The van der Waals surface area contributed by atoms with Gasteiger partial charge in [0, 0.05) is 13.1 Å². The molecule has 0 aliphatic carbocycles. The van der Waals surface area contributed by atoms with Crippen molar-refractivity contribution in [3.8, 4) is 0 Å². The van der Waals surface area contributed by atoms with Gasteiger partial charge in [0.1, 0.15) is 6.20 Å². The number of aromatic amines is 1. The van der Waals surface area contributed by atoms with Gasteiger partial charge in [0.2, 0.25) is 5.95 Å². The van der Waals surface area contributed by atoms with Crippen LogP contribution < -0.4 is 10.5 Å². The fourth-order valence-electron chi connectivity index (χ4n) is 1.73. The SMILES string of the molecule is O=c1cn[nH]c(N2CCCCCC2)n1. The molecule has 1 aromatic heterocycles. The molecule has 5 nitrogen and oxygen atoms in total. The van der Waals surface area contributed by atoms with Gasteiger partial charge < -0.3 is 4.90 Å². The van der Waals surface area contributed by atoms with Gasteiger partial charge in [-0.3, -0.25) is 4.79 Å². The number of nitrogens with one attached hydrogen (secondary N) is 1. The molecule has 5 heteroatoms. The third-order valence-corrected chi connectivity index (χ3v) is 2.46. The highest BCUT2D eigenvalue weighted by Gasteiger charge is 2.11. The van der Waals surface area contributed by atoms with Gasteiger partial charge in [-0.2, -0.15) is 10.1 Å². The second-order valence-electron chi connectivity index (χ2n) is 3.54. The zero-order chi connectivity index (χ0) is 9.80. The summed E-state index contributed by atoms with van der Waals surface area (Å²) in [7, 11) is 0. The smallest absolute Gasteiger partial charge is 0.293 e. The summed E-state index contributed by atoms with van der Waals surface area (Å²) in [5.74, 6) is 0.611. The van der Waals surface area contributed by atoms with Crippen LogP contribution in [0, 0.1) is 0 Å². The van der Waals surface area contributed by atoms with Gasteiger partial charge in [0.15, 0.2) is 0 Å². The molecule has 2 rings (SSSR count). The maximum absolute atomic E-state index is 11.0. The average Bonchev–Trinajstić information content (AvgIpc) is 2.45. The number of anilines is 1. The normalized spacial score (nSPS) is 17.9. The number of nitrogens with zero attached hydrogens (tertiary/aromatic N) is 3. The number of hydrogen-bond donors (Lipinski definition) is 1. The standard InChI is InChI=1S/C9H14N4O/c14-8-7-10-12-9(11-8)13-5-3-1-2-4-6-13/h7H,1-6H2,(H,11,12,14). The second kappa shape index (κ2) is 4.21. The maximum atomic E-state index is 11.0. The van der Waals surface area contributed by atoms with E-state index in [9.17, 15) is 4.79 Å². The van der Waals surface area contributed by atoms with Crippen LogP contribution in [0.1, 0.15) is 25.7 Å². The van der Waals surface area contributed by atoms with Crippen LogP contribution >= 0.6 is 0 Å². The van der Waals surface area contributed by atoms with Gasteiger partial charge in [-0.1, -0.05) is 12.8 Å². The highest BCUT2D eigenvalue weighted by Crippen LogP contribution is 2.13. The molecule has 1 saturated heterocycles. The number of hydrogen-bond acceptors (Lipinski definition) is 4.